The van der Waals surface area contributed by atoms with Crippen molar-refractivity contribution in [3.05, 3.63) is 35.9 Å². The Kier molecular flexibility index (Phi) is 3.76. The summed E-state index contributed by atoms with van der Waals surface area (Å²) in [5, 5.41) is 10.9. The van der Waals surface area contributed by atoms with E-state index in [2.05, 4.69) is 51.3 Å². The number of phenolic OH excluding ortho intramolecular Hbond substituents is 1. The second kappa shape index (κ2) is 5.98. The van der Waals surface area contributed by atoms with Gasteiger partial charge in [0.2, 0.25) is 0 Å². The Labute approximate surface area is 197 Å². The zero-order valence-corrected chi connectivity index (χ0v) is 20.4. The van der Waals surface area contributed by atoms with Crippen molar-refractivity contribution >= 4 is 0 Å². The largest absolute Gasteiger partial charge is 0.504 e. The molecular formula is C28H37NO4. The fraction of sp³-hybridized carbons (Fsp3) is 0.714. The Morgan fingerprint density at radius 1 is 1.21 bits per heavy atom. The number of rotatable bonds is 2. The molecule has 0 unspecified atom stereocenters. The van der Waals surface area contributed by atoms with Gasteiger partial charge in [0, 0.05) is 34.9 Å². The smallest absolute Gasteiger partial charge is 0.165 e. The molecule has 0 amide bonds. The fourth-order valence-corrected chi connectivity index (χ4v) is 9.58. The molecule has 5 heteroatoms. The molecular weight excluding hydrogens is 414 g/mol. The molecule has 5 nitrogen and oxygen atoms in total. The van der Waals surface area contributed by atoms with Gasteiger partial charge in [0.15, 0.2) is 11.5 Å². The Hall–Kier alpha value is -1.56. The summed E-state index contributed by atoms with van der Waals surface area (Å²) in [6.45, 7) is 15.6. The predicted molar refractivity (Wildman–Crippen MR) is 125 cm³/mol. The third-order valence-electron chi connectivity index (χ3n) is 11.3. The Bertz CT molecular complexity index is 1060. The van der Waals surface area contributed by atoms with E-state index in [0.717, 1.165) is 50.9 Å². The van der Waals surface area contributed by atoms with Crippen molar-refractivity contribution in [2.24, 2.45) is 16.7 Å². The van der Waals surface area contributed by atoms with Crippen LogP contribution >= 0.6 is 0 Å². The van der Waals surface area contributed by atoms with Gasteiger partial charge in [-0.2, -0.15) is 0 Å². The molecule has 5 fully saturated rings. The first kappa shape index (κ1) is 20.8. The summed E-state index contributed by atoms with van der Waals surface area (Å²) in [5.74, 6) is 1.28. The van der Waals surface area contributed by atoms with E-state index in [1.165, 1.54) is 11.1 Å². The highest BCUT2D eigenvalue weighted by Crippen LogP contribution is 2.78. The molecule has 7 aliphatic rings. The molecule has 178 valence electrons. The topological polar surface area (TPSA) is 51.2 Å². The number of piperidine rings is 1. The number of hydrogen-bond acceptors (Lipinski definition) is 5. The minimum absolute atomic E-state index is 0.0287. The maximum Gasteiger partial charge on any atom is 0.165 e. The van der Waals surface area contributed by atoms with Crippen LogP contribution in [-0.4, -0.2) is 53.2 Å². The van der Waals surface area contributed by atoms with Crippen molar-refractivity contribution in [1.82, 2.24) is 4.90 Å². The number of hydrogen-bond donors (Lipinski definition) is 1. The number of likely N-dealkylation sites (tertiary alicyclic amines) is 1. The van der Waals surface area contributed by atoms with Gasteiger partial charge in [0.1, 0.15) is 18.5 Å². The molecule has 8 rings (SSSR count). The van der Waals surface area contributed by atoms with Gasteiger partial charge in [-0.1, -0.05) is 32.9 Å². The summed E-state index contributed by atoms with van der Waals surface area (Å²) in [4.78, 5) is 2.68. The van der Waals surface area contributed by atoms with E-state index in [-0.39, 0.29) is 45.2 Å². The van der Waals surface area contributed by atoms with Crippen LogP contribution in [0.3, 0.4) is 0 Å². The van der Waals surface area contributed by atoms with Crippen molar-refractivity contribution < 1.29 is 19.3 Å². The Balaban J connectivity index is 1.51. The molecule has 3 saturated carbocycles. The maximum atomic E-state index is 10.9. The van der Waals surface area contributed by atoms with Gasteiger partial charge in [-0.3, -0.25) is 4.90 Å². The molecule has 3 heterocycles. The van der Waals surface area contributed by atoms with Crippen LogP contribution in [0, 0.1) is 16.7 Å². The van der Waals surface area contributed by atoms with Crippen LogP contribution < -0.4 is 4.74 Å². The highest BCUT2D eigenvalue weighted by atomic mass is 16.7. The van der Waals surface area contributed by atoms with E-state index in [1.807, 2.05) is 6.07 Å². The van der Waals surface area contributed by atoms with Crippen LogP contribution in [0.4, 0.5) is 0 Å². The minimum atomic E-state index is -0.382. The molecule has 0 aromatic heterocycles. The lowest BCUT2D eigenvalue weighted by molar-refractivity contribution is -0.389. The normalized spacial score (nSPS) is 47.0. The summed E-state index contributed by atoms with van der Waals surface area (Å²) >= 11 is 0. The monoisotopic (exact) mass is 451 g/mol. The summed E-state index contributed by atoms with van der Waals surface area (Å²) < 4.78 is 20.2. The van der Waals surface area contributed by atoms with Gasteiger partial charge in [-0.25, -0.2) is 0 Å². The van der Waals surface area contributed by atoms with Crippen molar-refractivity contribution in [3.63, 3.8) is 0 Å². The van der Waals surface area contributed by atoms with Crippen molar-refractivity contribution in [1.29, 1.82) is 0 Å². The van der Waals surface area contributed by atoms with Gasteiger partial charge in [0.25, 0.3) is 0 Å². The lowest BCUT2D eigenvalue weighted by Crippen LogP contribution is -2.84. The van der Waals surface area contributed by atoms with E-state index < -0.39 is 0 Å². The van der Waals surface area contributed by atoms with E-state index >= 15 is 0 Å². The number of aromatic hydroxyl groups is 1. The van der Waals surface area contributed by atoms with Gasteiger partial charge >= 0.3 is 0 Å². The molecule has 3 aliphatic heterocycles. The lowest BCUT2D eigenvalue weighted by atomic mass is 9.33. The molecule has 4 bridgehead atoms. The SMILES string of the molecule is C=CCN1CC[C@]23c4c5ccc(O)c4O[C@H]2[C@@]24CC[C@@]3(C[C@@H]2[C@@](C)(C(C)(C)C)OCO4)[C@H]1C5. The van der Waals surface area contributed by atoms with Gasteiger partial charge < -0.3 is 19.3 Å². The average molecular weight is 452 g/mol. The van der Waals surface area contributed by atoms with Crippen LogP contribution in [0.2, 0.25) is 0 Å². The maximum absolute atomic E-state index is 10.9. The second-order valence-electron chi connectivity index (χ2n) is 12.8. The van der Waals surface area contributed by atoms with E-state index in [1.54, 1.807) is 0 Å². The van der Waals surface area contributed by atoms with Gasteiger partial charge in [-0.05, 0) is 62.6 Å². The van der Waals surface area contributed by atoms with Gasteiger partial charge in [-0.15, -0.1) is 6.58 Å². The summed E-state index contributed by atoms with van der Waals surface area (Å²) in [6.07, 6.45) is 7.31. The number of ether oxygens (including phenoxy) is 3. The zero-order valence-electron chi connectivity index (χ0n) is 20.4. The van der Waals surface area contributed by atoms with Crippen LogP contribution in [0.5, 0.6) is 11.5 Å². The molecule has 7 atom stereocenters. The average Bonchev–Trinajstić information content (AvgIpc) is 3.14. The molecule has 4 aliphatic carbocycles. The molecule has 3 spiro atoms. The van der Waals surface area contributed by atoms with Crippen molar-refractivity contribution in [2.75, 3.05) is 19.9 Å². The van der Waals surface area contributed by atoms with Crippen molar-refractivity contribution in [3.8, 4) is 11.5 Å². The van der Waals surface area contributed by atoms with Crippen LogP contribution in [0.1, 0.15) is 64.5 Å². The molecule has 1 N–H and O–H groups in total. The quantitative estimate of drug-likeness (QED) is 0.669. The summed E-state index contributed by atoms with van der Waals surface area (Å²) in [6, 6.07) is 4.44. The van der Waals surface area contributed by atoms with Crippen LogP contribution in [0.15, 0.2) is 24.8 Å². The molecule has 1 aromatic carbocycles. The first-order chi connectivity index (χ1) is 15.6. The Morgan fingerprint density at radius 2 is 2.03 bits per heavy atom. The molecule has 1 aromatic rings. The third kappa shape index (κ3) is 2.02. The highest BCUT2D eigenvalue weighted by molar-refractivity contribution is 5.63. The van der Waals surface area contributed by atoms with E-state index in [4.69, 9.17) is 14.2 Å². The number of fused-ring (bicyclic) bond motifs is 1. The van der Waals surface area contributed by atoms with Crippen LogP contribution in [0.25, 0.3) is 0 Å². The van der Waals surface area contributed by atoms with E-state index in [9.17, 15) is 5.11 Å². The van der Waals surface area contributed by atoms with Crippen molar-refractivity contribution in [2.45, 2.75) is 88.6 Å². The molecule has 33 heavy (non-hydrogen) atoms. The number of nitrogens with zero attached hydrogens (tertiary/aromatic N) is 1. The predicted octanol–water partition coefficient (Wildman–Crippen LogP) is 4.56. The first-order valence-corrected chi connectivity index (χ1v) is 12.8. The molecule has 0 radical (unpaired) electrons. The lowest BCUT2D eigenvalue weighted by Gasteiger charge is -2.76. The minimum Gasteiger partial charge on any atom is -0.504 e. The molecule has 2 saturated heterocycles. The summed E-state index contributed by atoms with van der Waals surface area (Å²) in [5.41, 5.74) is 1.95. The third-order valence-corrected chi connectivity index (χ3v) is 11.3. The zero-order chi connectivity index (χ0) is 23.0. The highest BCUT2D eigenvalue weighted by Gasteiger charge is 2.83. The first-order valence-electron chi connectivity index (χ1n) is 12.8. The fourth-order valence-electron chi connectivity index (χ4n) is 9.58. The van der Waals surface area contributed by atoms with Crippen LogP contribution in [-0.2, 0) is 21.3 Å². The van der Waals surface area contributed by atoms with E-state index in [0.29, 0.717) is 12.8 Å². The second-order valence-corrected chi connectivity index (χ2v) is 12.8. The standard InChI is InChI=1S/C28H37NO4/c1-6-12-29-13-11-27-21-17-7-8-18(30)22(21)33-23(27)28-10-9-26(27,20(29)14-17)15-19(28)25(5,24(2,3)4)31-16-32-28/h6-8,19-20,23,30H,1,9-16H2,2-5H3/t19-,20-,23-,25+,26-,27+,28-/m1/s1. The number of benzene rings is 1. The summed E-state index contributed by atoms with van der Waals surface area (Å²) in [7, 11) is 0. The van der Waals surface area contributed by atoms with Gasteiger partial charge in [0.05, 0.1) is 5.60 Å². The Morgan fingerprint density at radius 3 is 2.79 bits per heavy atom. The number of phenols is 1.